The Morgan fingerprint density at radius 3 is 2.71 bits per heavy atom. The number of aryl methyl sites for hydroxylation is 1. The standard InChI is InChI=1S/C18H19NO4S/c20-17(8-5-13-3-6-14(7-4-13)18(21)22)19-9-10-23-15(12-19)16-2-1-11-24-16/h1-4,6-7,11,15H,5,8-10,12H2,(H,21,22)/t15-/m1/s1. The molecule has 1 saturated heterocycles. The van der Waals surface area contributed by atoms with Crippen LogP contribution in [0.3, 0.4) is 0 Å². The normalized spacial score (nSPS) is 17.7. The average Bonchev–Trinajstić information content (AvgIpc) is 3.15. The molecule has 1 aliphatic rings. The second-order valence-corrected chi connectivity index (χ2v) is 6.70. The molecule has 24 heavy (non-hydrogen) atoms. The number of hydrogen-bond donors (Lipinski definition) is 1. The van der Waals surface area contributed by atoms with Crippen LogP contribution in [0.15, 0.2) is 41.8 Å². The van der Waals surface area contributed by atoms with E-state index < -0.39 is 5.97 Å². The zero-order chi connectivity index (χ0) is 16.9. The number of carboxylic acids is 1. The topological polar surface area (TPSA) is 66.8 Å². The van der Waals surface area contributed by atoms with Crippen molar-refractivity contribution in [2.45, 2.75) is 18.9 Å². The van der Waals surface area contributed by atoms with E-state index in [-0.39, 0.29) is 17.6 Å². The van der Waals surface area contributed by atoms with Gasteiger partial charge in [-0.2, -0.15) is 0 Å². The second kappa shape index (κ2) is 7.59. The molecule has 1 amide bonds. The van der Waals surface area contributed by atoms with Gasteiger partial charge < -0.3 is 14.7 Å². The Labute approximate surface area is 144 Å². The van der Waals surface area contributed by atoms with Crippen molar-refractivity contribution >= 4 is 23.2 Å². The highest BCUT2D eigenvalue weighted by Crippen LogP contribution is 2.26. The molecule has 0 spiro atoms. The molecule has 1 aliphatic heterocycles. The highest BCUT2D eigenvalue weighted by Gasteiger charge is 2.25. The summed E-state index contributed by atoms with van der Waals surface area (Å²) in [5.74, 6) is -0.826. The van der Waals surface area contributed by atoms with Crippen LogP contribution in [0.25, 0.3) is 0 Å². The fourth-order valence-corrected chi connectivity index (χ4v) is 3.51. The number of hydrogen-bond acceptors (Lipinski definition) is 4. The van der Waals surface area contributed by atoms with Crippen LogP contribution < -0.4 is 0 Å². The van der Waals surface area contributed by atoms with Gasteiger partial charge in [-0.3, -0.25) is 4.79 Å². The molecule has 1 aromatic carbocycles. The fraction of sp³-hybridized carbons (Fsp3) is 0.333. The van der Waals surface area contributed by atoms with Crippen molar-refractivity contribution in [2.75, 3.05) is 19.7 Å². The first-order valence-corrected chi connectivity index (χ1v) is 8.76. The zero-order valence-corrected chi connectivity index (χ0v) is 14.0. The predicted octanol–water partition coefficient (Wildman–Crippen LogP) is 2.98. The molecular formula is C18H19NO4S. The summed E-state index contributed by atoms with van der Waals surface area (Å²) in [6, 6.07) is 10.7. The van der Waals surface area contributed by atoms with Crippen LogP contribution in [0, 0.1) is 0 Å². The minimum atomic E-state index is -0.939. The van der Waals surface area contributed by atoms with E-state index in [0.717, 1.165) is 10.4 Å². The van der Waals surface area contributed by atoms with Gasteiger partial charge in [0.2, 0.25) is 5.91 Å². The number of carbonyl (C=O) groups is 2. The van der Waals surface area contributed by atoms with Crippen molar-refractivity contribution in [1.82, 2.24) is 4.90 Å². The largest absolute Gasteiger partial charge is 0.478 e. The Hall–Kier alpha value is -2.18. The molecule has 1 N–H and O–H groups in total. The van der Waals surface area contributed by atoms with E-state index >= 15 is 0 Å². The first-order valence-electron chi connectivity index (χ1n) is 7.88. The van der Waals surface area contributed by atoms with E-state index in [1.807, 2.05) is 22.4 Å². The molecule has 1 fully saturated rings. The van der Waals surface area contributed by atoms with Crippen molar-refractivity contribution in [1.29, 1.82) is 0 Å². The van der Waals surface area contributed by atoms with Crippen LogP contribution in [0.1, 0.15) is 33.3 Å². The van der Waals surface area contributed by atoms with Crippen molar-refractivity contribution in [3.63, 3.8) is 0 Å². The maximum Gasteiger partial charge on any atom is 0.335 e. The number of thiophene rings is 1. The molecule has 3 rings (SSSR count). The van der Waals surface area contributed by atoms with Crippen LogP contribution in [0.4, 0.5) is 0 Å². The second-order valence-electron chi connectivity index (χ2n) is 5.72. The Balaban J connectivity index is 1.53. The molecule has 0 unspecified atom stereocenters. The summed E-state index contributed by atoms with van der Waals surface area (Å²) >= 11 is 1.65. The van der Waals surface area contributed by atoms with Crippen LogP contribution in [0.5, 0.6) is 0 Å². The van der Waals surface area contributed by atoms with E-state index in [2.05, 4.69) is 0 Å². The third-order valence-electron chi connectivity index (χ3n) is 4.11. The van der Waals surface area contributed by atoms with Crippen molar-refractivity contribution in [3.8, 4) is 0 Å². The van der Waals surface area contributed by atoms with Crippen molar-refractivity contribution in [3.05, 3.63) is 57.8 Å². The van der Waals surface area contributed by atoms with E-state index in [1.54, 1.807) is 35.6 Å². The fourth-order valence-electron chi connectivity index (χ4n) is 2.75. The van der Waals surface area contributed by atoms with Gasteiger partial charge in [0.1, 0.15) is 6.10 Å². The summed E-state index contributed by atoms with van der Waals surface area (Å²) in [4.78, 5) is 26.3. The molecule has 1 atom stereocenters. The summed E-state index contributed by atoms with van der Waals surface area (Å²) in [6.45, 7) is 1.78. The zero-order valence-electron chi connectivity index (χ0n) is 13.2. The van der Waals surface area contributed by atoms with Gasteiger partial charge in [-0.25, -0.2) is 4.79 Å². The number of nitrogens with zero attached hydrogens (tertiary/aromatic N) is 1. The summed E-state index contributed by atoms with van der Waals surface area (Å²) in [5.41, 5.74) is 1.23. The molecular weight excluding hydrogens is 326 g/mol. The molecule has 0 radical (unpaired) electrons. The molecule has 5 nitrogen and oxygen atoms in total. The lowest BCUT2D eigenvalue weighted by atomic mass is 10.1. The number of benzene rings is 1. The number of ether oxygens (including phenoxy) is 1. The quantitative estimate of drug-likeness (QED) is 0.905. The molecule has 0 aliphatic carbocycles. The first kappa shape index (κ1) is 16.7. The van der Waals surface area contributed by atoms with Crippen LogP contribution in [-0.4, -0.2) is 41.6 Å². The lowest BCUT2D eigenvalue weighted by Crippen LogP contribution is -2.42. The molecule has 1 aromatic heterocycles. The van der Waals surface area contributed by atoms with E-state index in [0.29, 0.717) is 32.5 Å². The molecule has 2 aromatic rings. The van der Waals surface area contributed by atoms with Gasteiger partial charge in [0.05, 0.1) is 18.7 Å². The highest BCUT2D eigenvalue weighted by molar-refractivity contribution is 7.10. The Kier molecular flexibility index (Phi) is 5.27. The summed E-state index contributed by atoms with van der Waals surface area (Å²) in [5, 5.41) is 10.9. The molecule has 0 saturated carbocycles. The van der Waals surface area contributed by atoms with Gasteiger partial charge in [-0.1, -0.05) is 18.2 Å². The number of rotatable bonds is 5. The van der Waals surface area contributed by atoms with E-state index in [1.165, 1.54) is 0 Å². The Morgan fingerprint density at radius 1 is 1.25 bits per heavy atom. The monoisotopic (exact) mass is 345 g/mol. The van der Waals surface area contributed by atoms with Gasteiger partial charge in [0.15, 0.2) is 0 Å². The number of carbonyl (C=O) groups excluding carboxylic acids is 1. The predicted molar refractivity (Wildman–Crippen MR) is 91.3 cm³/mol. The van der Waals surface area contributed by atoms with E-state index in [4.69, 9.17) is 9.84 Å². The minimum absolute atomic E-state index is 0.0300. The van der Waals surface area contributed by atoms with Gasteiger partial charge in [0, 0.05) is 17.8 Å². The number of morpholine rings is 1. The Morgan fingerprint density at radius 2 is 2.04 bits per heavy atom. The van der Waals surface area contributed by atoms with Crippen molar-refractivity contribution < 1.29 is 19.4 Å². The number of carboxylic acid groups (broad SMARTS) is 1. The number of aromatic carboxylic acids is 1. The highest BCUT2D eigenvalue weighted by atomic mass is 32.1. The number of amides is 1. The molecule has 6 heteroatoms. The van der Waals surface area contributed by atoms with Gasteiger partial charge in [0.25, 0.3) is 0 Å². The SMILES string of the molecule is O=C(O)c1ccc(CCC(=O)N2CCO[C@@H](c3cccs3)C2)cc1. The molecule has 0 bridgehead atoms. The average molecular weight is 345 g/mol. The minimum Gasteiger partial charge on any atom is -0.478 e. The maximum atomic E-state index is 12.4. The van der Waals surface area contributed by atoms with Crippen LogP contribution >= 0.6 is 11.3 Å². The van der Waals surface area contributed by atoms with Gasteiger partial charge >= 0.3 is 5.97 Å². The third-order valence-corrected chi connectivity index (χ3v) is 5.07. The molecule has 2 heterocycles. The summed E-state index contributed by atoms with van der Waals surface area (Å²) < 4.78 is 5.76. The van der Waals surface area contributed by atoms with Gasteiger partial charge in [-0.05, 0) is 35.6 Å². The summed E-state index contributed by atoms with van der Waals surface area (Å²) in [7, 11) is 0. The lowest BCUT2D eigenvalue weighted by molar-refractivity contribution is -0.138. The van der Waals surface area contributed by atoms with Crippen molar-refractivity contribution in [2.24, 2.45) is 0 Å². The maximum absolute atomic E-state index is 12.4. The first-order chi connectivity index (χ1) is 11.6. The smallest absolute Gasteiger partial charge is 0.335 e. The van der Waals surface area contributed by atoms with Gasteiger partial charge in [-0.15, -0.1) is 11.3 Å². The summed E-state index contributed by atoms with van der Waals surface area (Å²) in [6.07, 6.45) is 1.00. The lowest BCUT2D eigenvalue weighted by Gasteiger charge is -2.32. The molecule has 126 valence electrons. The third kappa shape index (κ3) is 4.01. The van der Waals surface area contributed by atoms with Crippen LogP contribution in [0.2, 0.25) is 0 Å². The Bertz CT molecular complexity index is 696. The van der Waals surface area contributed by atoms with Crippen LogP contribution in [-0.2, 0) is 16.0 Å². The van der Waals surface area contributed by atoms with E-state index in [9.17, 15) is 9.59 Å².